The van der Waals surface area contributed by atoms with E-state index in [9.17, 15) is 4.39 Å². The lowest BCUT2D eigenvalue weighted by Crippen LogP contribution is -2.22. The van der Waals surface area contributed by atoms with Gasteiger partial charge in [-0.25, -0.2) is 19.3 Å². The Morgan fingerprint density at radius 2 is 2.04 bits per heavy atom. The van der Waals surface area contributed by atoms with Crippen LogP contribution in [0.2, 0.25) is 0 Å². The molecule has 2 aromatic heterocycles. The van der Waals surface area contributed by atoms with Gasteiger partial charge < -0.3 is 4.74 Å². The van der Waals surface area contributed by atoms with Gasteiger partial charge in [-0.05, 0) is 42.9 Å². The Morgan fingerprint density at radius 3 is 2.88 bits per heavy atom. The number of halogens is 1. The minimum atomic E-state index is -0.270. The molecule has 0 bridgehead atoms. The van der Waals surface area contributed by atoms with Crippen LogP contribution in [0.3, 0.4) is 0 Å². The first-order valence-electron chi connectivity index (χ1n) is 7.70. The molecule has 0 saturated carbocycles. The molecule has 0 aliphatic carbocycles. The first-order valence-corrected chi connectivity index (χ1v) is 7.70. The highest BCUT2D eigenvalue weighted by Crippen LogP contribution is 2.22. The number of fused-ring (bicyclic) bond motifs is 1. The summed E-state index contributed by atoms with van der Waals surface area (Å²) < 4.78 is 19.1. The van der Waals surface area contributed by atoms with Gasteiger partial charge in [-0.2, -0.15) is 0 Å². The minimum Gasteiger partial charge on any atom is -0.383 e. The van der Waals surface area contributed by atoms with E-state index in [1.165, 1.54) is 12.4 Å². The molecule has 5 nitrogen and oxygen atoms in total. The second kappa shape index (κ2) is 7.42. The van der Waals surface area contributed by atoms with Crippen LogP contribution in [0.15, 0.2) is 42.9 Å². The van der Waals surface area contributed by atoms with E-state index in [4.69, 9.17) is 4.74 Å². The minimum absolute atomic E-state index is 0.270. The van der Waals surface area contributed by atoms with Crippen LogP contribution in [0.1, 0.15) is 5.56 Å². The molecule has 0 spiro atoms. The first kappa shape index (κ1) is 16.4. The molecule has 124 valence electrons. The number of pyridine rings is 1. The maximum Gasteiger partial charge on any atom is 0.124 e. The average molecular weight is 326 g/mol. The molecule has 0 N–H and O–H groups in total. The van der Waals surface area contributed by atoms with E-state index in [0.717, 1.165) is 23.2 Å². The third-order valence-corrected chi connectivity index (χ3v) is 3.75. The number of methoxy groups -OCH3 is 1. The third-order valence-electron chi connectivity index (χ3n) is 3.75. The van der Waals surface area contributed by atoms with Gasteiger partial charge in [0.15, 0.2) is 0 Å². The molecule has 0 aliphatic heterocycles. The zero-order valence-electron chi connectivity index (χ0n) is 13.7. The Labute approximate surface area is 140 Å². The van der Waals surface area contributed by atoms with Crippen LogP contribution in [0.25, 0.3) is 22.3 Å². The standard InChI is InChI=1S/C18H19FN4O/c1-23(5-6-24-2)11-13-7-14(9-15(19)8-13)16-3-4-17-18(22-16)10-20-12-21-17/h3-4,7-10,12H,5-6,11H2,1-2H3. The Morgan fingerprint density at radius 1 is 1.17 bits per heavy atom. The van der Waals surface area contributed by atoms with Crippen molar-refractivity contribution in [3.8, 4) is 11.3 Å². The first-order chi connectivity index (χ1) is 11.7. The molecule has 0 saturated heterocycles. The van der Waals surface area contributed by atoms with E-state index in [0.29, 0.717) is 24.4 Å². The summed E-state index contributed by atoms with van der Waals surface area (Å²) in [6, 6.07) is 8.73. The molecule has 6 heteroatoms. The van der Waals surface area contributed by atoms with Crippen LogP contribution in [0, 0.1) is 5.82 Å². The van der Waals surface area contributed by atoms with Crippen molar-refractivity contribution < 1.29 is 9.13 Å². The van der Waals surface area contributed by atoms with Gasteiger partial charge in [-0.15, -0.1) is 0 Å². The maximum atomic E-state index is 14.0. The van der Waals surface area contributed by atoms with Gasteiger partial charge in [-0.1, -0.05) is 0 Å². The molecule has 3 aromatic rings. The summed E-state index contributed by atoms with van der Waals surface area (Å²) in [4.78, 5) is 14.8. The van der Waals surface area contributed by atoms with Crippen molar-refractivity contribution in [3.05, 3.63) is 54.2 Å². The summed E-state index contributed by atoms with van der Waals surface area (Å²) in [5, 5.41) is 0. The fourth-order valence-corrected chi connectivity index (χ4v) is 2.56. The molecule has 0 fully saturated rings. The van der Waals surface area contributed by atoms with Gasteiger partial charge in [-0.3, -0.25) is 4.90 Å². The van der Waals surface area contributed by atoms with Crippen LogP contribution < -0.4 is 0 Å². The lowest BCUT2D eigenvalue weighted by atomic mass is 10.1. The Hall–Kier alpha value is -2.44. The topological polar surface area (TPSA) is 51.1 Å². The highest BCUT2D eigenvalue weighted by molar-refractivity contribution is 5.77. The lowest BCUT2D eigenvalue weighted by molar-refractivity contribution is 0.158. The third kappa shape index (κ3) is 3.90. The van der Waals surface area contributed by atoms with Crippen molar-refractivity contribution in [1.29, 1.82) is 0 Å². The van der Waals surface area contributed by atoms with Crippen molar-refractivity contribution in [2.24, 2.45) is 0 Å². The average Bonchev–Trinajstić information content (AvgIpc) is 2.59. The molecular weight excluding hydrogens is 307 g/mol. The number of rotatable bonds is 6. The molecule has 2 heterocycles. The number of aromatic nitrogens is 3. The predicted molar refractivity (Wildman–Crippen MR) is 90.9 cm³/mol. The molecule has 0 unspecified atom stereocenters. The normalized spacial score (nSPS) is 11.3. The van der Waals surface area contributed by atoms with E-state index in [2.05, 4.69) is 19.9 Å². The second-order valence-corrected chi connectivity index (χ2v) is 5.70. The van der Waals surface area contributed by atoms with Gasteiger partial charge >= 0.3 is 0 Å². The zero-order valence-corrected chi connectivity index (χ0v) is 13.7. The molecule has 1 aromatic carbocycles. The van der Waals surface area contributed by atoms with E-state index in [1.807, 2.05) is 25.2 Å². The van der Waals surface area contributed by atoms with Gasteiger partial charge in [0.25, 0.3) is 0 Å². The largest absolute Gasteiger partial charge is 0.383 e. The molecule has 24 heavy (non-hydrogen) atoms. The fourth-order valence-electron chi connectivity index (χ4n) is 2.56. The van der Waals surface area contributed by atoms with E-state index in [1.54, 1.807) is 19.4 Å². The number of likely N-dealkylation sites (N-methyl/N-ethyl adjacent to an activating group) is 1. The van der Waals surface area contributed by atoms with E-state index >= 15 is 0 Å². The monoisotopic (exact) mass is 326 g/mol. The van der Waals surface area contributed by atoms with Crippen LogP contribution >= 0.6 is 0 Å². The smallest absolute Gasteiger partial charge is 0.124 e. The predicted octanol–water partition coefficient (Wildman–Crippen LogP) is 2.91. The molecule has 0 atom stereocenters. The molecule has 0 amide bonds. The van der Waals surface area contributed by atoms with Crippen LogP contribution in [0.5, 0.6) is 0 Å². The van der Waals surface area contributed by atoms with Crippen molar-refractivity contribution in [3.63, 3.8) is 0 Å². The van der Waals surface area contributed by atoms with E-state index < -0.39 is 0 Å². The van der Waals surface area contributed by atoms with Gasteiger partial charge in [0.1, 0.15) is 17.7 Å². The SMILES string of the molecule is COCCN(C)Cc1cc(F)cc(-c2ccc3ncncc3n2)c1. The summed E-state index contributed by atoms with van der Waals surface area (Å²) in [6.07, 6.45) is 3.14. The highest BCUT2D eigenvalue weighted by atomic mass is 19.1. The van der Waals surface area contributed by atoms with Crippen molar-refractivity contribution in [1.82, 2.24) is 19.9 Å². The quantitative estimate of drug-likeness (QED) is 0.697. The lowest BCUT2D eigenvalue weighted by Gasteiger charge is -2.16. The Bertz CT molecular complexity index is 840. The molecule has 3 rings (SSSR count). The van der Waals surface area contributed by atoms with Crippen LogP contribution in [0.4, 0.5) is 4.39 Å². The number of hydrogen-bond donors (Lipinski definition) is 0. The summed E-state index contributed by atoms with van der Waals surface area (Å²) in [5.74, 6) is -0.270. The summed E-state index contributed by atoms with van der Waals surface area (Å²) >= 11 is 0. The van der Waals surface area contributed by atoms with Crippen molar-refractivity contribution in [2.75, 3.05) is 27.3 Å². The van der Waals surface area contributed by atoms with Gasteiger partial charge in [0, 0.05) is 25.8 Å². The summed E-state index contributed by atoms with van der Waals surface area (Å²) in [7, 11) is 3.65. The zero-order chi connectivity index (χ0) is 16.9. The van der Waals surface area contributed by atoms with E-state index in [-0.39, 0.29) is 5.82 Å². The highest BCUT2D eigenvalue weighted by Gasteiger charge is 2.08. The van der Waals surface area contributed by atoms with Crippen LogP contribution in [-0.2, 0) is 11.3 Å². The molecule has 0 aliphatic rings. The fraction of sp³-hybridized carbons (Fsp3) is 0.278. The molecular formula is C18H19FN4O. The maximum absolute atomic E-state index is 14.0. The Balaban J connectivity index is 1.89. The number of benzene rings is 1. The Kier molecular flexibility index (Phi) is 5.08. The second-order valence-electron chi connectivity index (χ2n) is 5.70. The number of ether oxygens (including phenoxy) is 1. The van der Waals surface area contributed by atoms with Crippen molar-refractivity contribution >= 4 is 11.0 Å². The van der Waals surface area contributed by atoms with Crippen LogP contribution in [-0.4, -0.2) is 47.2 Å². The number of hydrogen-bond acceptors (Lipinski definition) is 5. The van der Waals surface area contributed by atoms with Gasteiger partial charge in [0.05, 0.1) is 24.0 Å². The summed E-state index contributed by atoms with van der Waals surface area (Å²) in [6.45, 7) is 2.07. The number of nitrogens with zero attached hydrogens (tertiary/aromatic N) is 4. The summed E-state index contributed by atoms with van der Waals surface area (Å²) in [5.41, 5.74) is 3.81. The van der Waals surface area contributed by atoms with Crippen molar-refractivity contribution in [2.45, 2.75) is 6.54 Å². The molecule has 0 radical (unpaired) electrons. The van der Waals surface area contributed by atoms with Gasteiger partial charge in [0.2, 0.25) is 0 Å².